The summed E-state index contributed by atoms with van der Waals surface area (Å²) in [6, 6.07) is 8.46. The average molecular weight is 355 g/mol. The molecule has 1 aliphatic rings. The van der Waals surface area contributed by atoms with Gasteiger partial charge in [0, 0.05) is 24.8 Å². The average Bonchev–Trinajstić information content (AvgIpc) is 2.99. The van der Waals surface area contributed by atoms with Crippen LogP contribution in [-0.4, -0.2) is 37.1 Å². The maximum atomic E-state index is 12.7. The number of hydrogen-bond donors (Lipinski definition) is 1. The Labute approximate surface area is 153 Å². The molecule has 0 radical (unpaired) electrons. The molecular weight excluding hydrogens is 330 g/mol. The molecular formula is C21H25NO4. The number of carbonyl (C=O) groups is 2. The fourth-order valence-electron chi connectivity index (χ4n) is 3.59. The number of carbonyl (C=O) groups excluding carboxylic acids is 2. The topological polar surface area (TPSA) is 68.4 Å². The summed E-state index contributed by atoms with van der Waals surface area (Å²) in [5, 5.41) is 0. The van der Waals surface area contributed by atoms with Crippen molar-refractivity contribution in [2.75, 3.05) is 20.3 Å². The van der Waals surface area contributed by atoms with E-state index in [9.17, 15) is 9.59 Å². The second-order valence-corrected chi connectivity index (χ2v) is 6.73. The molecule has 1 N–H and O–H groups in total. The van der Waals surface area contributed by atoms with E-state index < -0.39 is 5.97 Å². The molecule has 0 fully saturated rings. The van der Waals surface area contributed by atoms with E-state index in [4.69, 9.17) is 9.47 Å². The fourth-order valence-corrected chi connectivity index (χ4v) is 3.59. The Balaban J connectivity index is 1.82. The van der Waals surface area contributed by atoms with Gasteiger partial charge in [-0.15, -0.1) is 0 Å². The summed E-state index contributed by atoms with van der Waals surface area (Å²) in [6.07, 6.45) is 2.19. The van der Waals surface area contributed by atoms with Crippen molar-refractivity contribution >= 4 is 11.8 Å². The summed E-state index contributed by atoms with van der Waals surface area (Å²) in [6.45, 7) is 4.47. The number of esters is 1. The lowest BCUT2D eigenvalue weighted by molar-refractivity contribution is 0.0381. The first kappa shape index (κ1) is 18.4. The summed E-state index contributed by atoms with van der Waals surface area (Å²) >= 11 is 0. The van der Waals surface area contributed by atoms with Crippen LogP contribution < -0.4 is 0 Å². The van der Waals surface area contributed by atoms with E-state index in [1.54, 1.807) is 14.0 Å². The fraction of sp³-hybridized carbons (Fsp3) is 0.429. The molecule has 1 aliphatic carbocycles. The van der Waals surface area contributed by atoms with Gasteiger partial charge in [-0.25, -0.2) is 4.79 Å². The second kappa shape index (κ2) is 7.87. The van der Waals surface area contributed by atoms with Crippen LogP contribution >= 0.6 is 0 Å². The van der Waals surface area contributed by atoms with Crippen molar-refractivity contribution in [1.82, 2.24) is 4.98 Å². The van der Waals surface area contributed by atoms with Crippen molar-refractivity contribution in [3.63, 3.8) is 0 Å². The van der Waals surface area contributed by atoms with Gasteiger partial charge in [0.1, 0.15) is 12.3 Å². The number of Topliss-reactive ketones (excluding diaryl/α,β-unsaturated/α-hetero) is 1. The van der Waals surface area contributed by atoms with Crippen molar-refractivity contribution in [3.05, 3.63) is 57.9 Å². The first-order valence-electron chi connectivity index (χ1n) is 9.04. The first-order chi connectivity index (χ1) is 12.5. The molecule has 0 saturated heterocycles. The normalized spacial score (nSPS) is 16.4. The van der Waals surface area contributed by atoms with E-state index in [-0.39, 0.29) is 18.3 Å². The number of benzene rings is 1. The Hall–Kier alpha value is -2.40. The van der Waals surface area contributed by atoms with Crippen molar-refractivity contribution in [3.8, 4) is 0 Å². The van der Waals surface area contributed by atoms with Crippen molar-refractivity contribution in [2.45, 2.75) is 39.0 Å². The molecule has 26 heavy (non-hydrogen) atoms. The quantitative estimate of drug-likeness (QED) is 0.635. The molecule has 0 aliphatic heterocycles. The Morgan fingerprint density at radius 3 is 2.58 bits per heavy atom. The van der Waals surface area contributed by atoms with E-state index in [1.165, 1.54) is 5.56 Å². The van der Waals surface area contributed by atoms with Gasteiger partial charge in [-0.1, -0.05) is 31.2 Å². The third-order valence-corrected chi connectivity index (χ3v) is 5.07. The van der Waals surface area contributed by atoms with Crippen LogP contribution in [0, 0.1) is 6.92 Å². The molecule has 3 rings (SSSR count). The SMILES string of the molecule is CCc1ccc([C@H]2CC(=O)c3c([nH]c(C(=O)OCCOC)c3C)C2)cc1. The van der Waals surface area contributed by atoms with E-state index in [0.29, 0.717) is 29.8 Å². The summed E-state index contributed by atoms with van der Waals surface area (Å²) < 4.78 is 10.1. The summed E-state index contributed by atoms with van der Waals surface area (Å²) in [5.74, 6) is -0.220. The molecule has 0 saturated carbocycles. The number of ketones is 1. The molecule has 1 aromatic carbocycles. The number of aromatic nitrogens is 1. The zero-order valence-corrected chi connectivity index (χ0v) is 15.6. The van der Waals surface area contributed by atoms with Crippen LogP contribution in [0.2, 0.25) is 0 Å². The van der Waals surface area contributed by atoms with Gasteiger partial charge in [-0.2, -0.15) is 0 Å². The Bertz CT molecular complexity index is 804. The smallest absolute Gasteiger partial charge is 0.355 e. The van der Waals surface area contributed by atoms with E-state index >= 15 is 0 Å². The minimum Gasteiger partial charge on any atom is -0.459 e. The van der Waals surface area contributed by atoms with E-state index in [1.807, 2.05) is 0 Å². The van der Waals surface area contributed by atoms with Crippen LogP contribution in [0.25, 0.3) is 0 Å². The predicted octanol–water partition coefficient (Wildman–Crippen LogP) is 3.60. The molecule has 1 heterocycles. The highest BCUT2D eigenvalue weighted by atomic mass is 16.6. The summed E-state index contributed by atoms with van der Waals surface area (Å²) in [4.78, 5) is 28.1. The minimum absolute atomic E-state index is 0.0838. The molecule has 0 spiro atoms. The summed E-state index contributed by atoms with van der Waals surface area (Å²) in [7, 11) is 1.55. The minimum atomic E-state index is -0.439. The Kier molecular flexibility index (Phi) is 5.57. The van der Waals surface area contributed by atoms with Gasteiger partial charge >= 0.3 is 5.97 Å². The zero-order chi connectivity index (χ0) is 18.7. The number of H-pyrrole nitrogens is 1. The van der Waals surface area contributed by atoms with Gasteiger partial charge in [0.25, 0.3) is 0 Å². The second-order valence-electron chi connectivity index (χ2n) is 6.73. The van der Waals surface area contributed by atoms with Crippen LogP contribution in [0.15, 0.2) is 24.3 Å². The Morgan fingerprint density at radius 2 is 1.92 bits per heavy atom. The summed E-state index contributed by atoms with van der Waals surface area (Å²) in [5.41, 5.74) is 5.01. The Morgan fingerprint density at radius 1 is 1.19 bits per heavy atom. The molecule has 5 nitrogen and oxygen atoms in total. The number of fused-ring (bicyclic) bond motifs is 1. The van der Waals surface area contributed by atoms with E-state index in [0.717, 1.165) is 24.1 Å². The number of nitrogens with one attached hydrogen (secondary N) is 1. The van der Waals surface area contributed by atoms with Crippen molar-refractivity contribution in [2.24, 2.45) is 0 Å². The third-order valence-electron chi connectivity index (χ3n) is 5.07. The molecule has 138 valence electrons. The predicted molar refractivity (Wildman–Crippen MR) is 98.9 cm³/mol. The first-order valence-corrected chi connectivity index (χ1v) is 9.04. The molecule has 0 unspecified atom stereocenters. The monoisotopic (exact) mass is 355 g/mol. The number of hydrogen-bond acceptors (Lipinski definition) is 4. The van der Waals surface area contributed by atoms with Crippen LogP contribution in [0.5, 0.6) is 0 Å². The highest BCUT2D eigenvalue weighted by molar-refractivity contribution is 6.03. The van der Waals surface area contributed by atoms with Gasteiger partial charge in [-0.05, 0) is 42.4 Å². The van der Waals surface area contributed by atoms with Gasteiger partial charge in [0.05, 0.1) is 6.61 Å². The maximum absolute atomic E-state index is 12.7. The van der Waals surface area contributed by atoms with Crippen molar-refractivity contribution < 1.29 is 19.1 Å². The van der Waals surface area contributed by atoms with Gasteiger partial charge in [-0.3, -0.25) is 4.79 Å². The molecule has 0 bridgehead atoms. The third kappa shape index (κ3) is 3.58. The van der Waals surface area contributed by atoms with Crippen LogP contribution in [0.3, 0.4) is 0 Å². The molecule has 1 aromatic heterocycles. The molecule has 1 atom stereocenters. The molecule has 5 heteroatoms. The van der Waals surface area contributed by atoms with Crippen LogP contribution in [0.4, 0.5) is 0 Å². The van der Waals surface area contributed by atoms with Crippen LogP contribution in [0.1, 0.15) is 62.5 Å². The van der Waals surface area contributed by atoms with E-state index in [2.05, 4.69) is 36.2 Å². The van der Waals surface area contributed by atoms with Crippen LogP contribution in [-0.2, 0) is 22.3 Å². The largest absolute Gasteiger partial charge is 0.459 e. The maximum Gasteiger partial charge on any atom is 0.355 e. The van der Waals surface area contributed by atoms with Gasteiger partial charge in [0.15, 0.2) is 5.78 Å². The van der Waals surface area contributed by atoms with Gasteiger partial charge in [0.2, 0.25) is 0 Å². The lowest BCUT2D eigenvalue weighted by atomic mass is 9.81. The number of methoxy groups -OCH3 is 1. The highest BCUT2D eigenvalue weighted by Gasteiger charge is 2.32. The number of aryl methyl sites for hydroxylation is 1. The lowest BCUT2D eigenvalue weighted by Crippen LogP contribution is -2.18. The zero-order valence-electron chi connectivity index (χ0n) is 15.6. The van der Waals surface area contributed by atoms with Crippen molar-refractivity contribution in [1.29, 1.82) is 0 Å². The molecule has 0 amide bonds. The lowest BCUT2D eigenvalue weighted by Gasteiger charge is -2.22. The van der Waals surface area contributed by atoms with Gasteiger partial charge < -0.3 is 14.5 Å². The standard InChI is InChI=1S/C21H25NO4/c1-4-14-5-7-15(8-6-14)16-11-17-19(18(23)12-16)13(2)20(22-17)21(24)26-10-9-25-3/h5-8,16,22H,4,9-12H2,1-3H3/t16-/m1/s1. The number of ether oxygens (including phenoxy) is 2. The number of rotatable bonds is 6. The molecule has 2 aromatic rings. The number of aromatic amines is 1. The highest BCUT2D eigenvalue weighted by Crippen LogP contribution is 2.35.